The van der Waals surface area contributed by atoms with E-state index < -0.39 is 0 Å². The molecule has 0 saturated carbocycles. The summed E-state index contributed by atoms with van der Waals surface area (Å²) in [5.74, 6) is 0. The standard InChI is InChI=1S/C10H14BrNO2/c1-7-4-8(2-3-10(7)11)12-9(5-13)6-14/h2-4,9,12-14H,5-6H2,1H3. The highest BCUT2D eigenvalue weighted by Gasteiger charge is 2.05. The average Bonchev–Trinajstić information content (AvgIpc) is 2.19. The summed E-state index contributed by atoms with van der Waals surface area (Å²) < 4.78 is 1.05. The van der Waals surface area contributed by atoms with Crippen LogP contribution in [-0.4, -0.2) is 29.5 Å². The van der Waals surface area contributed by atoms with Crippen molar-refractivity contribution in [1.29, 1.82) is 0 Å². The van der Waals surface area contributed by atoms with Gasteiger partial charge in [-0.2, -0.15) is 0 Å². The lowest BCUT2D eigenvalue weighted by atomic mass is 10.2. The minimum atomic E-state index is -0.296. The molecule has 0 aliphatic carbocycles. The molecule has 4 heteroatoms. The highest BCUT2D eigenvalue weighted by Crippen LogP contribution is 2.20. The van der Waals surface area contributed by atoms with E-state index in [1.807, 2.05) is 25.1 Å². The lowest BCUT2D eigenvalue weighted by molar-refractivity contribution is 0.204. The van der Waals surface area contributed by atoms with Crippen LogP contribution in [0, 0.1) is 6.92 Å². The molecular weight excluding hydrogens is 246 g/mol. The van der Waals surface area contributed by atoms with Crippen LogP contribution in [0.2, 0.25) is 0 Å². The number of hydrogen-bond donors (Lipinski definition) is 3. The topological polar surface area (TPSA) is 52.5 Å². The van der Waals surface area contributed by atoms with Gasteiger partial charge in [-0.05, 0) is 30.7 Å². The Morgan fingerprint density at radius 1 is 1.36 bits per heavy atom. The summed E-state index contributed by atoms with van der Waals surface area (Å²) in [5.41, 5.74) is 2.02. The van der Waals surface area contributed by atoms with Crippen molar-refractivity contribution in [2.75, 3.05) is 18.5 Å². The van der Waals surface area contributed by atoms with Gasteiger partial charge in [0.05, 0.1) is 19.3 Å². The summed E-state index contributed by atoms with van der Waals surface area (Å²) in [6.45, 7) is 1.83. The molecule has 3 nitrogen and oxygen atoms in total. The van der Waals surface area contributed by atoms with Crippen molar-refractivity contribution >= 4 is 21.6 Å². The maximum atomic E-state index is 8.88. The van der Waals surface area contributed by atoms with Gasteiger partial charge < -0.3 is 15.5 Å². The molecule has 0 aliphatic rings. The fourth-order valence-corrected chi connectivity index (χ4v) is 1.37. The number of rotatable bonds is 4. The highest BCUT2D eigenvalue weighted by atomic mass is 79.9. The third kappa shape index (κ3) is 2.97. The second-order valence-corrected chi connectivity index (χ2v) is 4.02. The van der Waals surface area contributed by atoms with Gasteiger partial charge in [-0.15, -0.1) is 0 Å². The van der Waals surface area contributed by atoms with Crippen molar-refractivity contribution in [2.24, 2.45) is 0 Å². The number of nitrogens with one attached hydrogen (secondary N) is 1. The van der Waals surface area contributed by atoms with Gasteiger partial charge in [0.15, 0.2) is 0 Å². The third-order valence-electron chi connectivity index (χ3n) is 1.97. The molecule has 14 heavy (non-hydrogen) atoms. The molecule has 0 aliphatic heterocycles. The van der Waals surface area contributed by atoms with Crippen molar-refractivity contribution in [1.82, 2.24) is 0 Å². The molecule has 0 radical (unpaired) electrons. The van der Waals surface area contributed by atoms with Crippen LogP contribution in [-0.2, 0) is 0 Å². The van der Waals surface area contributed by atoms with Crippen LogP contribution in [0.15, 0.2) is 22.7 Å². The van der Waals surface area contributed by atoms with E-state index in [2.05, 4.69) is 21.2 Å². The molecule has 0 bridgehead atoms. The third-order valence-corrected chi connectivity index (χ3v) is 2.86. The molecule has 0 saturated heterocycles. The Labute approximate surface area is 91.9 Å². The summed E-state index contributed by atoms with van der Waals surface area (Å²) in [5, 5.41) is 20.8. The van der Waals surface area contributed by atoms with Crippen LogP contribution < -0.4 is 5.32 Å². The molecule has 0 spiro atoms. The van der Waals surface area contributed by atoms with Gasteiger partial charge in [-0.25, -0.2) is 0 Å². The van der Waals surface area contributed by atoms with E-state index >= 15 is 0 Å². The van der Waals surface area contributed by atoms with Gasteiger partial charge in [0.1, 0.15) is 0 Å². The molecule has 78 valence electrons. The normalized spacial score (nSPS) is 10.6. The predicted octanol–water partition coefficient (Wildman–Crippen LogP) is 1.52. The number of halogens is 1. The van der Waals surface area contributed by atoms with Crippen LogP contribution in [0.25, 0.3) is 0 Å². The lowest BCUT2D eigenvalue weighted by Gasteiger charge is -2.15. The molecule has 3 N–H and O–H groups in total. The Balaban J connectivity index is 2.72. The van der Waals surface area contributed by atoms with E-state index in [0.29, 0.717) is 0 Å². The SMILES string of the molecule is Cc1cc(NC(CO)CO)ccc1Br. The van der Waals surface area contributed by atoms with Crippen molar-refractivity contribution in [3.8, 4) is 0 Å². The zero-order valence-corrected chi connectivity index (χ0v) is 9.58. The van der Waals surface area contributed by atoms with Gasteiger partial charge in [0.25, 0.3) is 0 Å². The molecule has 0 atom stereocenters. The Bertz CT molecular complexity index is 300. The molecular formula is C10H14BrNO2. The van der Waals surface area contributed by atoms with Gasteiger partial charge in [0, 0.05) is 10.2 Å². The smallest absolute Gasteiger partial charge is 0.0723 e. The Morgan fingerprint density at radius 3 is 2.50 bits per heavy atom. The number of anilines is 1. The molecule has 1 aromatic rings. The molecule has 0 unspecified atom stereocenters. The monoisotopic (exact) mass is 259 g/mol. The number of hydrogen-bond acceptors (Lipinski definition) is 3. The summed E-state index contributed by atoms with van der Waals surface area (Å²) in [4.78, 5) is 0. The van der Waals surface area contributed by atoms with E-state index in [1.165, 1.54) is 0 Å². The number of aliphatic hydroxyl groups excluding tert-OH is 2. The summed E-state index contributed by atoms with van der Waals surface area (Å²) in [6, 6.07) is 5.50. The van der Waals surface area contributed by atoms with Crippen molar-refractivity contribution in [3.05, 3.63) is 28.2 Å². The zero-order chi connectivity index (χ0) is 10.6. The maximum absolute atomic E-state index is 8.88. The molecule has 0 amide bonds. The first-order valence-corrected chi connectivity index (χ1v) is 5.21. The van der Waals surface area contributed by atoms with E-state index in [4.69, 9.17) is 10.2 Å². The van der Waals surface area contributed by atoms with Crippen molar-refractivity contribution in [2.45, 2.75) is 13.0 Å². The van der Waals surface area contributed by atoms with Crippen LogP contribution in [0.4, 0.5) is 5.69 Å². The first-order chi connectivity index (χ1) is 6.67. The average molecular weight is 260 g/mol. The van der Waals surface area contributed by atoms with E-state index in [9.17, 15) is 0 Å². The molecule has 0 aromatic heterocycles. The first kappa shape index (κ1) is 11.5. The van der Waals surface area contributed by atoms with Crippen molar-refractivity contribution < 1.29 is 10.2 Å². The fourth-order valence-electron chi connectivity index (χ4n) is 1.12. The second kappa shape index (κ2) is 5.34. The van der Waals surface area contributed by atoms with Crippen LogP contribution >= 0.6 is 15.9 Å². The van der Waals surface area contributed by atoms with Gasteiger partial charge in [-0.3, -0.25) is 0 Å². The minimum absolute atomic E-state index is 0.0778. The lowest BCUT2D eigenvalue weighted by Crippen LogP contribution is -2.27. The summed E-state index contributed by atoms with van der Waals surface area (Å²) in [6.07, 6.45) is 0. The van der Waals surface area contributed by atoms with Crippen LogP contribution in [0.5, 0.6) is 0 Å². The van der Waals surface area contributed by atoms with E-state index in [0.717, 1.165) is 15.7 Å². The van der Waals surface area contributed by atoms with Crippen molar-refractivity contribution in [3.63, 3.8) is 0 Å². The van der Waals surface area contributed by atoms with Crippen LogP contribution in [0.3, 0.4) is 0 Å². The highest BCUT2D eigenvalue weighted by molar-refractivity contribution is 9.10. The number of benzene rings is 1. The predicted molar refractivity (Wildman–Crippen MR) is 60.5 cm³/mol. The first-order valence-electron chi connectivity index (χ1n) is 4.41. The van der Waals surface area contributed by atoms with E-state index in [-0.39, 0.29) is 19.3 Å². The molecule has 0 heterocycles. The maximum Gasteiger partial charge on any atom is 0.0723 e. The zero-order valence-electron chi connectivity index (χ0n) is 8.00. The van der Waals surface area contributed by atoms with E-state index in [1.54, 1.807) is 0 Å². The quantitative estimate of drug-likeness (QED) is 0.769. The Kier molecular flexibility index (Phi) is 4.38. The second-order valence-electron chi connectivity index (χ2n) is 3.17. The summed E-state index contributed by atoms with van der Waals surface area (Å²) >= 11 is 3.40. The van der Waals surface area contributed by atoms with Gasteiger partial charge in [-0.1, -0.05) is 15.9 Å². The largest absolute Gasteiger partial charge is 0.394 e. The molecule has 1 aromatic carbocycles. The Hall–Kier alpha value is -0.580. The Morgan fingerprint density at radius 2 is 2.00 bits per heavy atom. The number of aliphatic hydroxyl groups is 2. The van der Waals surface area contributed by atoms with Gasteiger partial charge >= 0.3 is 0 Å². The van der Waals surface area contributed by atoms with Gasteiger partial charge in [0.2, 0.25) is 0 Å². The summed E-state index contributed by atoms with van der Waals surface area (Å²) in [7, 11) is 0. The minimum Gasteiger partial charge on any atom is -0.394 e. The fraction of sp³-hybridized carbons (Fsp3) is 0.400. The van der Waals surface area contributed by atoms with Crippen LogP contribution in [0.1, 0.15) is 5.56 Å². The molecule has 1 rings (SSSR count). The molecule has 0 fully saturated rings. The number of aryl methyl sites for hydroxylation is 1.